The van der Waals surface area contributed by atoms with E-state index in [1.54, 1.807) is 11.3 Å². The van der Waals surface area contributed by atoms with Crippen molar-refractivity contribution in [3.63, 3.8) is 0 Å². The Kier molecular flexibility index (Phi) is 5.61. The smallest absolute Gasteiger partial charge is 0.252 e. The predicted octanol–water partition coefficient (Wildman–Crippen LogP) is 3.07. The Morgan fingerprint density at radius 2 is 2.33 bits per heavy atom. The standard InChI is InChI=1S/C20H27N3O3S/c1-13-17(14(2)26-22-13)9-23-6-5-16-18(12-27-19(16)10-23)20(24)21-8-15-4-3-7-25-11-15/h12,15H,3-11H2,1-2H3,(H,21,24)/t15-/m1/s1. The van der Waals surface area contributed by atoms with Crippen molar-refractivity contribution in [1.29, 1.82) is 0 Å². The van der Waals surface area contributed by atoms with Gasteiger partial charge in [0.2, 0.25) is 0 Å². The number of thiophene rings is 1. The van der Waals surface area contributed by atoms with Crippen LogP contribution in [0.1, 0.15) is 50.7 Å². The van der Waals surface area contributed by atoms with Gasteiger partial charge in [-0.2, -0.15) is 0 Å². The lowest BCUT2D eigenvalue weighted by Gasteiger charge is -2.27. The summed E-state index contributed by atoms with van der Waals surface area (Å²) in [6.45, 7) is 8.97. The van der Waals surface area contributed by atoms with Crippen LogP contribution in [0.15, 0.2) is 9.90 Å². The van der Waals surface area contributed by atoms with Crippen molar-refractivity contribution in [1.82, 2.24) is 15.4 Å². The molecular weight excluding hydrogens is 362 g/mol. The number of carbonyl (C=O) groups is 1. The lowest BCUT2D eigenvalue weighted by molar-refractivity contribution is 0.0536. The van der Waals surface area contributed by atoms with E-state index in [9.17, 15) is 4.79 Å². The molecule has 0 radical (unpaired) electrons. The molecule has 0 aliphatic carbocycles. The fourth-order valence-corrected chi connectivity index (χ4v) is 5.08. The van der Waals surface area contributed by atoms with E-state index >= 15 is 0 Å². The third kappa shape index (κ3) is 4.10. The number of fused-ring (bicyclic) bond motifs is 1. The van der Waals surface area contributed by atoms with Crippen molar-refractivity contribution in [2.75, 3.05) is 26.3 Å². The van der Waals surface area contributed by atoms with Gasteiger partial charge in [0, 0.05) is 48.6 Å². The Morgan fingerprint density at radius 3 is 3.07 bits per heavy atom. The van der Waals surface area contributed by atoms with Crippen molar-refractivity contribution in [3.05, 3.63) is 38.4 Å². The van der Waals surface area contributed by atoms with Gasteiger partial charge in [-0.25, -0.2) is 0 Å². The number of aryl methyl sites for hydroxylation is 2. The van der Waals surface area contributed by atoms with Crippen LogP contribution in [0.4, 0.5) is 0 Å². The van der Waals surface area contributed by atoms with E-state index in [0.29, 0.717) is 12.5 Å². The normalized spacial score (nSPS) is 20.4. The molecule has 0 saturated carbocycles. The van der Waals surface area contributed by atoms with E-state index in [4.69, 9.17) is 9.26 Å². The summed E-state index contributed by atoms with van der Waals surface area (Å²) >= 11 is 1.70. The number of nitrogens with one attached hydrogen (secondary N) is 1. The van der Waals surface area contributed by atoms with E-state index in [1.165, 1.54) is 16.0 Å². The first-order valence-corrected chi connectivity index (χ1v) is 10.6. The van der Waals surface area contributed by atoms with Crippen LogP contribution < -0.4 is 5.32 Å². The fourth-order valence-electron chi connectivity index (χ4n) is 3.96. The van der Waals surface area contributed by atoms with Gasteiger partial charge < -0.3 is 14.6 Å². The molecule has 4 rings (SSSR count). The molecule has 6 nitrogen and oxygen atoms in total. The van der Waals surface area contributed by atoms with Crippen molar-refractivity contribution in [3.8, 4) is 0 Å². The highest BCUT2D eigenvalue weighted by Crippen LogP contribution is 2.30. The van der Waals surface area contributed by atoms with Crippen LogP contribution >= 0.6 is 11.3 Å². The molecule has 1 saturated heterocycles. The van der Waals surface area contributed by atoms with E-state index in [1.807, 2.05) is 19.2 Å². The third-order valence-electron chi connectivity index (χ3n) is 5.64. The van der Waals surface area contributed by atoms with Gasteiger partial charge in [0.25, 0.3) is 5.91 Å². The zero-order valence-electron chi connectivity index (χ0n) is 16.0. The zero-order valence-corrected chi connectivity index (χ0v) is 16.9. The average molecular weight is 390 g/mol. The van der Waals surface area contributed by atoms with E-state index in [0.717, 1.165) is 69.1 Å². The number of aromatic nitrogens is 1. The molecule has 2 aliphatic rings. The molecule has 27 heavy (non-hydrogen) atoms. The Labute approximate surface area is 163 Å². The van der Waals surface area contributed by atoms with Crippen LogP contribution in [-0.4, -0.2) is 42.3 Å². The number of rotatable bonds is 5. The quantitative estimate of drug-likeness (QED) is 0.851. The summed E-state index contributed by atoms with van der Waals surface area (Å²) in [6.07, 6.45) is 3.14. The number of nitrogens with zero attached hydrogens (tertiary/aromatic N) is 2. The van der Waals surface area contributed by atoms with E-state index < -0.39 is 0 Å². The van der Waals surface area contributed by atoms with E-state index in [-0.39, 0.29) is 5.91 Å². The van der Waals surface area contributed by atoms with Crippen LogP contribution in [0.5, 0.6) is 0 Å². The summed E-state index contributed by atoms with van der Waals surface area (Å²) in [5.74, 6) is 1.41. The summed E-state index contributed by atoms with van der Waals surface area (Å²) in [7, 11) is 0. The lowest BCUT2D eigenvalue weighted by Crippen LogP contribution is -2.34. The molecule has 1 fully saturated rings. The largest absolute Gasteiger partial charge is 0.381 e. The van der Waals surface area contributed by atoms with Gasteiger partial charge in [0.1, 0.15) is 5.76 Å². The molecule has 2 aromatic heterocycles. The molecule has 0 bridgehead atoms. The van der Waals surface area contributed by atoms with Crippen LogP contribution in [0.2, 0.25) is 0 Å². The maximum absolute atomic E-state index is 12.7. The first-order valence-electron chi connectivity index (χ1n) is 9.71. The molecule has 2 aromatic rings. The molecular formula is C20H27N3O3S. The molecule has 2 aliphatic heterocycles. The minimum atomic E-state index is 0.0669. The van der Waals surface area contributed by atoms with Crippen LogP contribution in [-0.2, 0) is 24.2 Å². The summed E-state index contributed by atoms with van der Waals surface area (Å²) < 4.78 is 10.8. The Bertz CT molecular complexity index is 788. The maximum Gasteiger partial charge on any atom is 0.252 e. The molecule has 4 heterocycles. The first kappa shape index (κ1) is 18.7. The molecule has 146 valence electrons. The van der Waals surface area contributed by atoms with Crippen LogP contribution in [0.3, 0.4) is 0 Å². The summed E-state index contributed by atoms with van der Waals surface area (Å²) in [4.78, 5) is 16.4. The monoisotopic (exact) mass is 389 g/mol. The molecule has 1 amide bonds. The second kappa shape index (κ2) is 8.12. The maximum atomic E-state index is 12.7. The first-order chi connectivity index (χ1) is 13.1. The molecule has 1 N–H and O–H groups in total. The summed E-state index contributed by atoms with van der Waals surface area (Å²) in [5.41, 5.74) is 4.25. The Balaban J connectivity index is 1.37. The highest BCUT2D eigenvalue weighted by molar-refractivity contribution is 7.10. The van der Waals surface area contributed by atoms with Crippen LogP contribution in [0, 0.1) is 19.8 Å². The number of ether oxygens (including phenoxy) is 1. The lowest BCUT2D eigenvalue weighted by atomic mass is 10.0. The summed E-state index contributed by atoms with van der Waals surface area (Å²) in [6, 6.07) is 0. The third-order valence-corrected chi connectivity index (χ3v) is 6.65. The minimum absolute atomic E-state index is 0.0669. The minimum Gasteiger partial charge on any atom is -0.381 e. The predicted molar refractivity (Wildman–Crippen MR) is 104 cm³/mol. The molecule has 0 aromatic carbocycles. The van der Waals surface area contributed by atoms with Gasteiger partial charge in [0.15, 0.2) is 0 Å². The van der Waals surface area contributed by atoms with Crippen molar-refractivity contribution < 1.29 is 14.1 Å². The van der Waals surface area contributed by atoms with Gasteiger partial charge in [0.05, 0.1) is 17.9 Å². The highest BCUT2D eigenvalue weighted by atomic mass is 32.1. The average Bonchev–Trinajstić information content (AvgIpc) is 3.25. The number of carbonyl (C=O) groups excluding carboxylic acids is 1. The molecule has 7 heteroatoms. The van der Waals surface area contributed by atoms with Gasteiger partial charge in [-0.3, -0.25) is 9.69 Å². The number of hydrogen-bond acceptors (Lipinski definition) is 6. The zero-order chi connectivity index (χ0) is 18.8. The van der Waals surface area contributed by atoms with Gasteiger partial charge in [-0.1, -0.05) is 5.16 Å². The van der Waals surface area contributed by atoms with E-state index in [2.05, 4.69) is 15.4 Å². The highest BCUT2D eigenvalue weighted by Gasteiger charge is 2.25. The SMILES string of the molecule is Cc1noc(C)c1CN1CCc2c(C(=O)NC[C@H]3CCCOC3)csc2C1. The molecule has 0 spiro atoms. The van der Waals surface area contributed by atoms with Crippen LogP contribution in [0.25, 0.3) is 0 Å². The topological polar surface area (TPSA) is 67.6 Å². The Morgan fingerprint density at radius 1 is 1.44 bits per heavy atom. The number of amides is 1. The fraction of sp³-hybridized carbons (Fsp3) is 0.600. The van der Waals surface area contributed by atoms with Gasteiger partial charge >= 0.3 is 0 Å². The molecule has 0 unspecified atom stereocenters. The van der Waals surface area contributed by atoms with Gasteiger partial charge in [-0.05, 0) is 44.6 Å². The van der Waals surface area contributed by atoms with Gasteiger partial charge in [-0.15, -0.1) is 11.3 Å². The number of hydrogen-bond donors (Lipinski definition) is 1. The second-order valence-corrected chi connectivity index (χ2v) is 8.57. The van der Waals surface area contributed by atoms with Crippen molar-refractivity contribution in [2.45, 2.75) is 46.2 Å². The van der Waals surface area contributed by atoms with Crippen molar-refractivity contribution in [2.24, 2.45) is 5.92 Å². The Hall–Kier alpha value is -1.70. The molecule has 1 atom stereocenters. The van der Waals surface area contributed by atoms with Crippen molar-refractivity contribution >= 4 is 17.2 Å². The second-order valence-electron chi connectivity index (χ2n) is 7.61. The summed E-state index contributed by atoms with van der Waals surface area (Å²) in [5, 5.41) is 9.20.